The number of unbranched alkanes of at least 4 members (excludes halogenated alkanes) is 9. The Morgan fingerprint density at radius 3 is 1.29 bits per heavy atom. The zero-order chi connectivity index (χ0) is 17.9. The second kappa shape index (κ2) is 17.8. The first kappa shape index (κ1) is 24.0. The van der Waals surface area contributed by atoms with Crippen molar-refractivity contribution in [3.05, 3.63) is 0 Å². The third kappa shape index (κ3) is 13.3. The lowest BCUT2D eigenvalue weighted by atomic mass is 9.71. The quantitative estimate of drug-likeness (QED) is 0.215. The SMILES string of the molecule is CCCCC(CCCC)(CCCC)CCCCCCCCCOC. The fourth-order valence-corrected chi connectivity index (χ4v) is 4.04. The van der Waals surface area contributed by atoms with E-state index in [9.17, 15) is 0 Å². The monoisotopic (exact) mass is 340 g/mol. The van der Waals surface area contributed by atoms with E-state index in [2.05, 4.69) is 20.8 Å². The Bertz CT molecular complexity index is 214. The van der Waals surface area contributed by atoms with Gasteiger partial charge in [-0.25, -0.2) is 0 Å². The van der Waals surface area contributed by atoms with E-state index in [-0.39, 0.29) is 0 Å². The van der Waals surface area contributed by atoms with Crippen molar-refractivity contribution in [2.45, 2.75) is 130 Å². The molecule has 0 spiro atoms. The van der Waals surface area contributed by atoms with Gasteiger partial charge >= 0.3 is 0 Å². The molecule has 146 valence electrons. The molecule has 0 aliphatic heterocycles. The Labute approximate surface area is 154 Å². The minimum Gasteiger partial charge on any atom is -0.385 e. The van der Waals surface area contributed by atoms with Crippen LogP contribution in [0.25, 0.3) is 0 Å². The smallest absolute Gasteiger partial charge is 0.0462 e. The highest BCUT2D eigenvalue weighted by molar-refractivity contribution is 4.79. The first-order valence-electron chi connectivity index (χ1n) is 11.2. The predicted octanol–water partition coefficient (Wildman–Crippen LogP) is 8.31. The van der Waals surface area contributed by atoms with E-state index < -0.39 is 0 Å². The van der Waals surface area contributed by atoms with Crippen molar-refractivity contribution in [2.75, 3.05) is 13.7 Å². The van der Waals surface area contributed by atoms with Gasteiger partial charge in [-0.05, 0) is 37.5 Å². The Morgan fingerprint density at radius 2 is 0.875 bits per heavy atom. The average molecular weight is 341 g/mol. The lowest BCUT2D eigenvalue weighted by Gasteiger charge is -2.35. The summed E-state index contributed by atoms with van der Waals surface area (Å²) in [5.41, 5.74) is 0.681. The van der Waals surface area contributed by atoms with Crippen LogP contribution >= 0.6 is 0 Å². The van der Waals surface area contributed by atoms with Crippen LogP contribution in [0, 0.1) is 5.41 Å². The van der Waals surface area contributed by atoms with Gasteiger partial charge in [0.15, 0.2) is 0 Å². The van der Waals surface area contributed by atoms with E-state index >= 15 is 0 Å². The number of ether oxygens (including phenoxy) is 1. The van der Waals surface area contributed by atoms with Crippen molar-refractivity contribution in [1.29, 1.82) is 0 Å². The molecule has 0 aromatic carbocycles. The van der Waals surface area contributed by atoms with Gasteiger partial charge in [0, 0.05) is 13.7 Å². The van der Waals surface area contributed by atoms with Crippen molar-refractivity contribution in [3.8, 4) is 0 Å². The maximum absolute atomic E-state index is 5.12. The lowest BCUT2D eigenvalue weighted by molar-refractivity contribution is 0.175. The summed E-state index contributed by atoms with van der Waals surface area (Å²) in [7, 11) is 1.81. The van der Waals surface area contributed by atoms with Crippen LogP contribution in [0.15, 0.2) is 0 Å². The molecule has 0 bridgehead atoms. The van der Waals surface area contributed by atoms with Gasteiger partial charge in [0.2, 0.25) is 0 Å². The molecule has 1 nitrogen and oxygen atoms in total. The van der Waals surface area contributed by atoms with Gasteiger partial charge < -0.3 is 4.74 Å². The highest BCUT2D eigenvalue weighted by Gasteiger charge is 2.27. The maximum atomic E-state index is 5.12. The van der Waals surface area contributed by atoms with Crippen LogP contribution in [0.5, 0.6) is 0 Å². The molecule has 0 radical (unpaired) electrons. The fraction of sp³-hybridized carbons (Fsp3) is 1.00. The van der Waals surface area contributed by atoms with E-state index in [0.29, 0.717) is 5.41 Å². The molecule has 0 aliphatic rings. The van der Waals surface area contributed by atoms with Crippen molar-refractivity contribution in [1.82, 2.24) is 0 Å². The van der Waals surface area contributed by atoms with Crippen LogP contribution in [0.1, 0.15) is 130 Å². The molecule has 0 saturated carbocycles. The van der Waals surface area contributed by atoms with E-state index in [1.165, 1.54) is 109 Å². The Hall–Kier alpha value is -0.0400. The molecule has 0 amide bonds. The zero-order valence-corrected chi connectivity index (χ0v) is 17.6. The number of methoxy groups -OCH3 is 1. The summed E-state index contributed by atoms with van der Waals surface area (Å²) >= 11 is 0. The summed E-state index contributed by atoms with van der Waals surface area (Å²) < 4.78 is 5.12. The highest BCUT2D eigenvalue weighted by atomic mass is 16.5. The van der Waals surface area contributed by atoms with E-state index in [1.54, 1.807) is 0 Å². The Balaban J connectivity index is 4.07. The maximum Gasteiger partial charge on any atom is 0.0462 e. The van der Waals surface area contributed by atoms with E-state index in [4.69, 9.17) is 4.74 Å². The summed E-state index contributed by atoms with van der Waals surface area (Å²) in [5, 5.41) is 0. The average Bonchev–Trinajstić information content (AvgIpc) is 2.61. The molecular formula is C23H48O. The Morgan fingerprint density at radius 1 is 0.500 bits per heavy atom. The second-order valence-electron chi connectivity index (χ2n) is 8.03. The Kier molecular flexibility index (Phi) is 17.7. The number of hydrogen-bond donors (Lipinski definition) is 0. The molecular weight excluding hydrogens is 292 g/mol. The van der Waals surface area contributed by atoms with Gasteiger partial charge in [-0.3, -0.25) is 0 Å². The summed E-state index contributed by atoms with van der Waals surface area (Å²) in [4.78, 5) is 0. The molecule has 0 aromatic heterocycles. The summed E-state index contributed by atoms with van der Waals surface area (Å²) in [5.74, 6) is 0. The lowest BCUT2D eigenvalue weighted by Crippen LogP contribution is -2.21. The van der Waals surface area contributed by atoms with Crippen molar-refractivity contribution < 1.29 is 4.74 Å². The first-order valence-corrected chi connectivity index (χ1v) is 11.2. The van der Waals surface area contributed by atoms with E-state index in [0.717, 1.165) is 6.61 Å². The predicted molar refractivity (Wildman–Crippen MR) is 110 cm³/mol. The minimum absolute atomic E-state index is 0.681. The normalized spacial score (nSPS) is 12.0. The molecule has 0 aliphatic carbocycles. The van der Waals surface area contributed by atoms with Crippen molar-refractivity contribution >= 4 is 0 Å². The largest absolute Gasteiger partial charge is 0.385 e. The standard InChI is InChI=1S/C23H48O/c1-5-8-18-23(19-9-6-2,20-10-7-3)21-16-14-12-11-13-15-17-22-24-4/h5-22H2,1-4H3. The van der Waals surface area contributed by atoms with Crippen LogP contribution in [0.4, 0.5) is 0 Å². The molecule has 0 heterocycles. The third-order valence-corrected chi connectivity index (χ3v) is 5.74. The van der Waals surface area contributed by atoms with Gasteiger partial charge in [0.05, 0.1) is 0 Å². The van der Waals surface area contributed by atoms with Crippen LogP contribution < -0.4 is 0 Å². The molecule has 0 unspecified atom stereocenters. The minimum atomic E-state index is 0.681. The molecule has 0 aromatic rings. The van der Waals surface area contributed by atoms with Crippen LogP contribution in [-0.4, -0.2) is 13.7 Å². The fourth-order valence-electron chi connectivity index (χ4n) is 4.04. The molecule has 0 atom stereocenters. The van der Waals surface area contributed by atoms with Crippen LogP contribution in [0.2, 0.25) is 0 Å². The van der Waals surface area contributed by atoms with Gasteiger partial charge in [-0.15, -0.1) is 0 Å². The summed E-state index contributed by atoms with van der Waals surface area (Å²) in [6.45, 7) is 8.00. The van der Waals surface area contributed by atoms with E-state index in [1.807, 2.05) is 7.11 Å². The zero-order valence-electron chi connectivity index (χ0n) is 17.6. The highest BCUT2D eigenvalue weighted by Crippen LogP contribution is 2.41. The van der Waals surface area contributed by atoms with Crippen molar-refractivity contribution in [2.24, 2.45) is 5.41 Å². The second-order valence-corrected chi connectivity index (χ2v) is 8.03. The molecule has 1 heteroatoms. The van der Waals surface area contributed by atoms with Crippen LogP contribution in [-0.2, 0) is 4.74 Å². The molecule has 0 fully saturated rings. The first-order chi connectivity index (χ1) is 11.7. The number of hydrogen-bond acceptors (Lipinski definition) is 1. The molecule has 0 saturated heterocycles. The molecule has 0 rings (SSSR count). The van der Waals surface area contributed by atoms with Crippen LogP contribution in [0.3, 0.4) is 0 Å². The topological polar surface area (TPSA) is 9.23 Å². The number of rotatable bonds is 19. The third-order valence-electron chi connectivity index (χ3n) is 5.74. The molecule has 0 N–H and O–H groups in total. The van der Waals surface area contributed by atoms with Gasteiger partial charge in [0.1, 0.15) is 0 Å². The van der Waals surface area contributed by atoms with Gasteiger partial charge in [-0.2, -0.15) is 0 Å². The molecule has 24 heavy (non-hydrogen) atoms. The van der Waals surface area contributed by atoms with Crippen molar-refractivity contribution in [3.63, 3.8) is 0 Å². The van der Waals surface area contributed by atoms with Gasteiger partial charge in [-0.1, -0.05) is 97.8 Å². The van der Waals surface area contributed by atoms with Gasteiger partial charge in [0.25, 0.3) is 0 Å². The summed E-state index contributed by atoms with van der Waals surface area (Å²) in [6, 6.07) is 0. The summed E-state index contributed by atoms with van der Waals surface area (Å²) in [6.07, 6.45) is 24.1.